The number of carbonyl (C=O) groups excluding carboxylic acids is 3. The molecule has 42 heavy (non-hydrogen) atoms. The monoisotopic (exact) mass is 565 g/mol. The molecular weight excluding hydrogens is 534 g/mol. The first-order valence-electron chi connectivity index (χ1n) is 13.7. The van der Waals surface area contributed by atoms with E-state index in [0.29, 0.717) is 52.5 Å². The summed E-state index contributed by atoms with van der Waals surface area (Å²) < 4.78 is 4.81. The van der Waals surface area contributed by atoms with Crippen LogP contribution in [-0.4, -0.2) is 56.0 Å². The van der Waals surface area contributed by atoms with Gasteiger partial charge in [-0.1, -0.05) is 36.4 Å². The average Bonchev–Trinajstić information content (AvgIpc) is 3.36. The van der Waals surface area contributed by atoms with Gasteiger partial charge in [-0.25, -0.2) is 10.3 Å². The molecule has 0 spiro atoms. The molecule has 2 heterocycles. The number of likely N-dealkylation sites (tertiary alicyclic amines) is 1. The lowest BCUT2D eigenvalue weighted by Crippen LogP contribution is -2.37. The molecule has 3 aromatic rings. The van der Waals surface area contributed by atoms with Gasteiger partial charge >= 0.3 is 5.97 Å². The Labute approximate surface area is 243 Å². The molecule has 0 aliphatic carbocycles. The Morgan fingerprint density at radius 3 is 2.40 bits per heavy atom. The van der Waals surface area contributed by atoms with E-state index < -0.39 is 5.97 Å². The minimum Gasteiger partial charge on any atom is -0.465 e. The molecule has 0 unspecified atom stereocenters. The molecule has 5 rings (SSSR count). The molecule has 2 amide bonds. The molecule has 0 saturated carbocycles. The number of carbonyl (C=O) groups is 3. The maximum absolute atomic E-state index is 13.2. The summed E-state index contributed by atoms with van der Waals surface area (Å²) in [5.41, 5.74) is 6.90. The number of hydrogen-bond donors (Lipinski definition) is 3. The number of fused-ring (bicyclic) bond motifs is 1. The lowest BCUT2D eigenvalue weighted by Gasteiger charge is -2.28. The van der Waals surface area contributed by atoms with E-state index in [-0.39, 0.29) is 17.7 Å². The predicted molar refractivity (Wildman–Crippen MR) is 158 cm³/mol. The number of piperidine rings is 1. The van der Waals surface area contributed by atoms with E-state index in [0.717, 1.165) is 31.5 Å². The minimum absolute atomic E-state index is 0.131. The van der Waals surface area contributed by atoms with Crippen LogP contribution in [0.15, 0.2) is 72.8 Å². The summed E-state index contributed by atoms with van der Waals surface area (Å²) >= 11 is 0. The van der Waals surface area contributed by atoms with Gasteiger partial charge in [0.1, 0.15) is 0 Å². The average molecular weight is 566 g/mol. The zero-order chi connectivity index (χ0) is 29.5. The highest BCUT2D eigenvalue weighted by Crippen LogP contribution is 2.38. The maximum Gasteiger partial charge on any atom is 0.337 e. The van der Waals surface area contributed by atoms with Gasteiger partial charge in [0.05, 0.1) is 42.3 Å². The SMILES string of the molecule is COC(=O)c1ccc2c(c1)NC(=O)/C2=C(\Nc1ccc(C(=O)NOCCN2CCC(C#N)CC2)cc1)c1ccccc1. The van der Waals surface area contributed by atoms with Crippen molar-refractivity contribution < 1.29 is 24.0 Å². The van der Waals surface area contributed by atoms with E-state index in [4.69, 9.17) is 14.8 Å². The van der Waals surface area contributed by atoms with Crippen LogP contribution < -0.4 is 16.1 Å². The molecule has 2 aliphatic heterocycles. The van der Waals surface area contributed by atoms with Crippen LogP contribution in [0.1, 0.15) is 44.7 Å². The smallest absolute Gasteiger partial charge is 0.337 e. The van der Waals surface area contributed by atoms with E-state index in [9.17, 15) is 14.4 Å². The molecule has 3 N–H and O–H groups in total. The van der Waals surface area contributed by atoms with Crippen molar-refractivity contribution in [2.24, 2.45) is 5.92 Å². The molecule has 0 bridgehead atoms. The normalized spacial score (nSPS) is 16.1. The highest BCUT2D eigenvalue weighted by molar-refractivity contribution is 6.37. The van der Waals surface area contributed by atoms with Crippen molar-refractivity contribution in [3.63, 3.8) is 0 Å². The van der Waals surface area contributed by atoms with Crippen LogP contribution in [-0.2, 0) is 14.4 Å². The van der Waals surface area contributed by atoms with Crippen LogP contribution in [0.3, 0.4) is 0 Å². The summed E-state index contributed by atoms with van der Waals surface area (Å²) in [4.78, 5) is 45.4. The Hall–Kier alpha value is -4.98. The molecular formula is C32H31N5O5. The van der Waals surface area contributed by atoms with E-state index in [1.807, 2.05) is 30.3 Å². The highest BCUT2D eigenvalue weighted by Gasteiger charge is 2.29. The van der Waals surface area contributed by atoms with Gasteiger partial charge in [0.25, 0.3) is 11.8 Å². The number of rotatable bonds is 9. The number of hydrogen-bond acceptors (Lipinski definition) is 8. The lowest BCUT2D eigenvalue weighted by molar-refractivity contribution is -0.110. The number of methoxy groups -OCH3 is 1. The third-order valence-electron chi connectivity index (χ3n) is 7.36. The molecule has 10 nitrogen and oxygen atoms in total. The molecule has 3 aromatic carbocycles. The van der Waals surface area contributed by atoms with Gasteiger partial charge in [-0.2, -0.15) is 5.26 Å². The first-order chi connectivity index (χ1) is 20.5. The van der Waals surface area contributed by atoms with Gasteiger partial charge in [-0.15, -0.1) is 0 Å². The lowest BCUT2D eigenvalue weighted by atomic mass is 9.99. The van der Waals surface area contributed by atoms with Crippen LogP contribution in [0, 0.1) is 17.2 Å². The number of esters is 1. The van der Waals surface area contributed by atoms with Crippen LogP contribution >= 0.6 is 0 Å². The van der Waals surface area contributed by atoms with Crippen molar-refractivity contribution in [3.05, 3.63) is 95.1 Å². The Morgan fingerprint density at radius 1 is 1.00 bits per heavy atom. The summed E-state index contributed by atoms with van der Waals surface area (Å²) in [5, 5.41) is 15.2. The molecule has 0 radical (unpaired) electrons. The van der Waals surface area contributed by atoms with Crippen molar-refractivity contribution in [3.8, 4) is 6.07 Å². The second-order valence-corrected chi connectivity index (χ2v) is 10.0. The number of hydroxylamine groups is 1. The predicted octanol–water partition coefficient (Wildman–Crippen LogP) is 4.30. The van der Waals surface area contributed by atoms with Gasteiger partial charge in [-0.05, 0) is 67.9 Å². The topological polar surface area (TPSA) is 133 Å². The minimum atomic E-state index is -0.489. The third kappa shape index (κ3) is 6.49. The van der Waals surface area contributed by atoms with E-state index in [1.54, 1.807) is 42.5 Å². The van der Waals surface area contributed by atoms with Gasteiger partial charge in [0.2, 0.25) is 0 Å². The molecule has 0 atom stereocenters. The molecule has 0 aromatic heterocycles. The molecule has 1 fully saturated rings. The Kier molecular flexibility index (Phi) is 8.92. The van der Waals surface area contributed by atoms with Crippen LogP contribution in [0.2, 0.25) is 0 Å². The fraction of sp³-hybridized carbons (Fsp3) is 0.250. The third-order valence-corrected chi connectivity index (χ3v) is 7.36. The first-order valence-corrected chi connectivity index (χ1v) is 13.7. The fourth-order valence-electron chi connectivity index (χ4n) is 5.03. The Balaban J connectivity index is 1.27. The number of nitrogens with zero attached hydrogens (tertiary/aromatic N) is 2. The Morgan fingerprint density at radius 2 is 1.71 bits per heavy atom. The summed E-state index contributed by atoms with van der Waals surface area (Å²) in [5.74, 6) is -1.03. The molecule has 2 aliphatic rings. The zero-order valence-electron chi connectivity index (χ0n) is 23.2. The number of benzene rings is 3. The van der Waals surface area contributed by atoms with Crippen LogP contribution in [0.4, 0.5) is 11.4 Å². The number of amides is 2. The van der Waals surface area contributed by atoms with Gasteiger partial charge in [-0.3, -0.25) is 14.4 Å². The molecule has 1 saturated heterocycles. The van der Waals surface area contributed by atoms with Crippen molar-refractivity contribution >= 4 is 40.4 Å². The van der Waals surface area contributed by atoms with Crippen molar-refractivity contribution in [1.82, 2.24) is 10.4 Å². The van der Waals surface area contributed by atoms with Gasteiger partial charge in [0.15, 0.2) is 0 Å². The fourth-order valence-corrected chi connectivity index (χ4v) is 5.03. The van der Waals surface area contributed by atoms with E-state index >= 15 is 0 Å². The standard InChI is InChI=1S/C32H31N5O5/c1-41-32(40)24-9-12-26-27(19-24)35-31(39)28(26)29(22-5-3-2-4-6-22)34-25-10-7-23(8-11-25)30(38)36-42-18-17-37-15-13-21(20-33)14-16-37/h2-12,19,21,34H,13-18H2,1H3,(H,35,39)(H,36,38)/b29-28-. The van der Waals surface area contributed by atoms with E-state index in [2.05, 4.69) is 27.1 Å². The highest BCUT2D eigenvalue weighted by atomic mass is 16.7. The maximum atomic E-state index is 13.2. The molecule has 214 valence electrons. The summed E-state index contributed by atoms with van der Waals surface area (Å²) in [6, 6.07) is 23.6. The van der Waals surface area contributed by atoms with Gasteiger partial charge in [0, 0.05) is 29.3 Å². The van der Waals surface area contributed by atoms with Crippen molar-refractivity contribution in [2.45, 2.75) is 12.8 Å². The van der Waals surface area contributed by atoms with Crippen LogP contribution in [0.5, 0.6) is 0 Å². The van der Waals surface area contributed by atoms with E-state index in [1.165, 1.54) is 7.11 Å². The summed E-state index contributed by atoms with van der Waals surface area (Å²) in [6.45, 7) is 2.74. The number of anilines is 2. The zero-order valence-corrected chi connectivity index (χ0v) is 23.2. The molecule has 10 heteroatoms. The van der Waals surface area contributed by atoms with Crippen molar-refractivity contribution in [1.29, 1.82) is 5.26 Å². The number of nitriles is 1. The van der Waals surface area contributed by atoms with Crippen molar-refractivity contribution in [2.75, 3.05) is 44.0 Å². The number of nitrogens with one attached hydrogen (secondary N) is 3. The first kappa shape index (κ1) is 28.5. The summed E-state index contributed by atoms with van der Waals surface area (Å²) in [7, 11) is 1.31. The number of ether oxygens (including phenoxy) is 1. The second kappa shape index (κ2) is 13.1. The summed E-state index contributed by atoms with van der Waals surface area (Å²) in [6.07, 6.45) is 1.72. The van der Waals surface area contributed by atoms with Gasteiger partial charge < -0.3 is 20.3 Å². The quantitative estimate of drug-likeness (QED) is 0.151. The van der Waals surface area contributed by atoms with Crippen LogP contribution in [0.25, 0.3) is 11.3 Å². The largest absolute Gasteiger partial charge is 0.465 e. The second-order valence-electron chi connectivity index (χ2n) is 10.0. The Bertz CT molecular complexity index is 1540.